The molecule has 0 radical (unpaired) electrons. The minimum atomic E-state index is 0.192. The lowest BCUT2D eigenvalue weighted by Crippen LogP contribution is -2.37. The SMILES string of the molecule is CC(C)(C)CNC(=O)[C@H]1CC[C@@H](C)CC1. The van der Waals surface area contributed by atoms with Gasteiger partial charge in [-0.3, -0.25) is 4.79 Å². The smallest absolute Gasteiger partial charge is 0.223 e. The van der Waals surface area contributed by atoms with Crippen LogP contribution in [0, 0.1) is 17.3 Å². The summed E-state index contributed by atoms with van der Waals surface area (Å²) in [5.41, 5.74) is 0.192. The van der Waals surface area contributed by atoms with Gasteiger partial charge < -0.3 is 5.32 Å². The van der Waals surface area contributed by atoms with Crippen LogP contribution in [-0.4, -0.2) is 12.5 Å². The first-order chi connectivity index (χ1) is 6.88. The molecule has 0 atom stereocenters. The molecule has 0 aliphatic heterocycles. The van der Waals surface area contributed by atoms with Crippen LogP contribution < -0.4 is 5.32 Å². The van der Waals surface area contributed by atoms with E-state index in [1.165, 1.54) is 12.8 Å². The van der Waals surface area contributed by atoms with Gasteiger partial charge in [0.2, 0.25) is 5.91 Å². The van der Waals surface area contributed by atoms with E-state index in [1.54, 1.807) is 0 Å². The topological polar surface area (TPSA) is 29.1 Å². The molecule has 2 nitrogen and oxygen atoms in total. The molecule has 1 aliphatic carbocycles. The number of carbonyl (C=O) groups is 1. The summed E-state index contributed by atoms with van der Waals surface area (Å²) in [6.07, 6.45) is 4.59. The highest BCUT2D eigenvalue weighted by Crippen LogP contribution is 2.28. The van der Waals surface area contributed by atoms with Crippen LogP contribution in [0.25, 0.3) is 0 Å². The summed E-state index contributed by atoms with van der Waals surface area (Å²) >= 11 is 0. The second-order valence-electron chi connectivity index (χ2n) is 6.24. The van der Waals surface area contributed by atoms with Gasteiger partial charge in [-0.1, -0.05) is 27.7 Å². The van der Waals surface area contributed by atoms with Crippen molar-refractivity contribution in [3.63, 3.8) is 0 Å². The molecule has 0 aromatic heterocycles. The van der Waals surface area contributed by atoms with Crippen LogP contribution in [0.1, 0.15) is 53.4 Å². The van der Waals surface area contributed by atoms with Crippen molar-refractivity contribution in [3.05, 3.63) is 0 Å². The molecule has 1 saturated carbocycles. The summed E-state index contributed by atoms with van der Waals surface area (Å²) < 4.78 is 0. The van der Waals surface area contributed by atoms with E-state index in [1.807, 2.05) is 0 Å². The van der Waals surface area contributed by atoms with Gasteiger partial charge in [-0.25, -0.2) is 0 Å². The van der Waals surface area contributed by atoms with Crippen molar-refractivity contribution in [1.29, 1.82) is 0 Å². The van der Waals surface area contributed by atoms with Gasteiger partial charge in [0.05, 0.1) is 0 Å². The normalized spacial score (nSPS) is 27.5. The Balaban J connectivity index is 2.29. The first-order valence-electron chi connectivity index (χ1n) is 6.16. The van der Waals surface area contributed by atoms with E-state index < -0.39 is 0 Å². The average molecular weight is 211 g/mol. The van der Waals surface area contributed by atoms with Crippen LogP contribution in [0.2, 0.25) is 0 Å². The Kier molecular flexibility index (Phi) is 4.18. The van der Waals surface area contributed by atoms with Gasteiger partial charge >= 0.3 is 0 Å². The Morgan fingerprint density at radius 1 is 1.20 bits per heavy atom. The zero-order valence-corrected chi connectivity index (χ0v) is 10.6. The lowest BCUT2D eigenvalue weighted by Gasteiger charge is -2.27. The van der Waals surface area contributed by atoms with Gasteiger partial charge in [0.1, 0.15) is 0 Å². The number of amides is 1. The van der Waals surface area contributed by atoms with Gasteiger partial charge in [-0.2, -0.15) is 0 Å². The number of nitrogens with one attached hydrogen (secondary N) is 1. The van der Waals surface area contributed by atoms with E-state index in [4.69, 9.17) is 0 Å². The number of rotatable bonds is 2. The summed E-state index contributed by atoms with van der Waals surface area (Å²) in [5.74, 6) is 1.37. The van der Waals surface area contributed by atoms with Crippen molar-refractivity contribution in [2.24, 2.45) is 17.3 Å². The highest BCUT2D eigenvalue weighted by Gasteiger charge is 2.24. The number of hydrogen-bond acceptors (Lipinski definition) is 1. The maximum atomic E-state index is 11.8. The summed E-state index contributed by atoms with van der Waals surface area (Å²) in [7, 11) is 0. The van der Waals surface area contributed by atoms with Crippen molar-refractivity contribution in [2.75, 3.05) is 6.54 Å². The minimum Gasteiger partial charge on any atom is -0.355 e. The van der Waals surface area contributed by atoms with Crippen LogP contribution in [0.5, 0.6) is 0 Å². The Bertz CT molecular complexity index is 209. The fourth-order valence-corrected chi connectivity index (χ4v) is 2.02. The van der Waals surface area contributed by atoms with E-state index >= 15 is 0 Å². The largest absolute Gasteiger partial charge is 0.355 e. The van der Waals surface area contributed by atoms with Crippen LogP contribution in [-0.2, 0) is 4.79 Å². The predicted octanol–water partition coefficient (Wildman–Crippen LogP) is 2.98. The van der Waals surface area contributed by atoms with Gasteiger partial charge in [0.15, 0.2) is 0 Å². The van der Waals surface area contributed by atoms with Crippen molar-refractivity contribution >= 4 is 5.91 Å². The molecule has 0 aromatic carbocycles. The lowest BCUT2D eigenvalue weighted by molar-refractivity contribution is -0.126. The lowest BCUT2D eigenvalue weighted by atomic mass is 9.82. The first kappa shape index (κ1) is 12.5. The van der Waals surface area contributed by atoms with E-state index in [0.29, 0.717) is 0 Å². The molecule has 0 aromatic rings. The molecule has 15 heavy (non-hydrogen) atoms. The van der Waals surface area contributed by atoms with Crippen LogP contribution >= 0.6 is 0 Å². The van der Waals surface area contributed by atoms with Crippen molar-refractivity contribution in [1.82, 2.24) is 5.32 Å². The fourth-order valence-electron chi connectivity index (χ4n) is 2.02. The average Bonchev–Trinajstić information content (AvgIpc) is 2.14. The van der Waals surface area contributed by atoms with E-state index in [9.17, 15) is 4.79 Å². The van der Waals surface area contributed by atoms with Gasteiger partial charge in [-0.15, -0.1) is 0 Å². The summed E-state index contributed by atoms with van der Waals surface area (Å²) in [6, 6.07) is 0. The minimum absolute atomic E-state index is 0.192. The van der Waals surface area contributed by atoms with Crippen molar-refractivity contribution < 1.29 is 4.79 Å². The third kappa shape index (κ3) is 4.67. The van der Waals surface area contributed by atoms with Crippen LogP contribution in [0.4, 0.5) is 0 Å². The molecule has 0 spiro atoms. The predicted molar refractivity (Wildman–Crippen MR) is 63.6 cm³/mol. The molecule has 0 heterocycles. The molecule has 88 valence electrons. The monoisotopic (exact) mass is 211 g/mol. The van der Waals surface area contributed by atoms with Crippen LogP contribution in [0.3, 0.4) is 0 Å². The first-order valence-corrected chi connectivity index (χ1v) is 6.16. The summed E-state index contributed by atoms with van der Waals surface area (Å²) in [6.45, 7) is 9.52. The maximum absolute atomic E-state index is 11.8. The fraction of sp³-hybridized carbons (Fsp3) is 0.923. The summed E-state index contributed by atoms with van der Waals surface area (Å²) in [4.78, 5) is 11.8. The molecule has 2 heteroatoms. The van der Waals surface area contributed by atoms with Gasteiger partial charge in [-0.05, 0) is 37.0 Å². The highest BCUT2D eigenvalue weighted by atomic mass is 16.1. The molecule has 0 bridgehead atoms. The van der Waals surface area contributed by atoms with Gasteiger partial charge in [0, 0.05) is 12.5 Å². The van der Waals surface area contributed by atoms with Gasteiger partial charge in [0.25, 0.3) is 0 Å². The Morgan fingerprint density at radius 3 is 2.20 bits per heavy atom. The third-order valence-electron chi connectivity index (χ3n) is 3.18. The zero-order chi connectivity index (χ0) is 11.5. The summed E-state index contributed by atoms with van der Waals surface area (Å²) in [5, 5.41) is 3.07. The van der Waals surface area contributed by atoms with Crippen molar-refractivity contribution in [2.45, 2.75) is 53.4 Å². The number of carbonyl (C=O) groups excluding carboxylic acids is 1. The maximum Gasteiger partial charge on any atom is 0.223 e. The molecule has 0 saturated heterocycles. The van der Waals surface area contributed by atoms with Crippen molar-refractivity contribution in [3.8, 4) is 0 Å². The Hall–Kier alpha value is -0.530. The van der Waals surface area contributed by atoms with E-state index in [0.717, 1.165) is 25.3 Å². The standard InChI is InChI=1S/C13H25NO/c1-10-5-7-11(8-6-10)12(15)14-9-13(2,3)4/h10-11H,5-9H2,1-4H3,(H,14,15)/t10-,11+. The number of hydrogen-bond donors (Lipinski definition) is 1. The molecule has 1 N–H and O–H groups in total. The molecule has 1 amide bonds. The quantitative estimate of drug-likeness (QED) is 0.747. The Morgan fingerprint density at radius 2 is 1.73 bits per heavy atom. The molecule has 1 rings (SSSR count). The molecular weight excluding hydrogens is 186 g/mol. The molecule has 1 fully saturated rings. The van der Waals surface area contributed by atoms with E-state index in [-0.39, 0.29) is 17.2 Å². The molecule has 1 aliphatic rings. The third-order valence-corrected chi connectivity index (χ3v) is 3.18. The Labute approximate surface area is 93.8 Å². The molecular formula is C13H25NO. The zero-order valence-electron chi connectivity index (χ0n) is 10.6. The van der Waals surface area contributed by atoms with Crippen LogP contribution in [0.15, 0.2) is 0 Å². The molecule has 0 unspecified atom stereocenters. The second kappa shape index (κ2) is 5.00. The van der Waals surface area contributed by atoms with E-state index in [2.05, 4.69) is 33.0 Å². The second-order valence-corrected chi connectivity index (χ2v) is 6.24. The highest BCUT2D eigenvalue weighted by molar-refractivity contribution is 5.78.